The van der Waals surface area contributed by atoms with E-state index in [0.29, 0.717) is 19.6 Å². The Morgan fingerprint density at radius 1 is 1.47 bits per heavy atom. The number of aromatic nitrogens is 2. The first-order chi connectivity index (χ1) is 8.09. The number of methoxy groups -OCH3 is 2. The lowest BCUT2D eigenvalue weighted by Gasteiger charge is -2.27. The lowest BCUT2D eigenvalue weighted by Crippen LogP contribution is -2.34. The molecule has 0 radical (unpaired) electrons. The van der Waals surface area contributed by atoms with Crippen LogP contribution in [0.2, 0.25) is 0 Å². The normalized spacial score (nSPS) is 14.9. The Kier molecular flexibility index (Phi) is 5.58. The van der Waals surface area contributed by atoms with Crippen LogP contribution in [0.25, 0.3) is 0 Å². The van der Waals surface area contributed by atoms with Gasteiger partial charge in [-0.05, 0) is 22.4 Å². The SMILES string of the molecule is CCC(O)(COC)c1c(Br)cnn1CCOC. The fraction of sp³-hybridized carbons (Fsp3) is 0.727. The van der Waals surface area contributed by atoms with Crippen molar-refractivity contribution in [2.75, 3.05) is 27.4 Å². The van der Waals surface area contributed by atoms with Gasteiger partial charge in [0.25, 0.3) is 0 Å². The van der Waals surface area contributed by atoms with Crippen molar-refractivity contribution in [1.82, 2.24) is 9.78 Å². The zero-order valence-corrected chi connectivity index (χ0v) is 12.0. The van der Waals surface area contributed by atoms with Crippen LogP contribution < -0.4 is 0 Å². The van der Waals surface area contributed by atoms with E-state index < -0.39 is 5.60 Å². The van der Waals surface area contributed by atoms with E-state index in [1.54, 1.807) is 25.1 Å². The quantitative estimate of drug-likeness (QED) is 0.830. The van der Waals surface area contributed by atoms with Gasteiger partial charge < -0.3 is 14.6 Å². The summed E-state index contributed by atoms with van der Waals surface area (Å²) in [5.41, 5.74) is -0.295. The van der Waals surface area contributed by atoms with Crippen LogP contribution in [-0.2, 0) is 21.6 Å². The Hall–Kier alpha value is -0.430. The number of ether oxygens (including phenoxy) is 2. The highest BCUT2D eigenvalue weighted by atomic mass is 79.9. The molecule has 6 heteroatoms. The fourth-order valence-electron chi connectivity index (χ4n) is 1.75. The molecule has 1 N–H and O–H groups in total. The highest BCUT2D eigenvalue weighted by Gasteiger charge is 2.33. The predicted molar refractivity (Wildman–Crippen MR) is 67.9 cm³/mol. The number of rotatable bonds is 7. The summed E-state index contributed by atoms with van der Waals surface area (Å²) in [6, 6.07) is 0. The van der Waals surface area contributed by atoms with Crippen LogP contribution in [0.5, 0.6) is 0 Å². The maximum atomic E-state index is 10.6. The van der Waals surface area contributed by atoms with E-state index in [0.717, 1.165) is 10.2 Å². The molecule has 0 spiro atoms. The molecule has 0 saturated heterocycles. The Morgan fingerprint density at radius 3 is 2.71 bits per heavy atom. The molecule has 0 amide bonds. The lowest BCUT2D eigenvalue weighted by atomic mass is 9.97. The second-order valence-corrected chi connectivity index (χ2v) is 4.73. The summed E-state index contributed by atoms with van der Waals surface area (Å²) in [5.74, 6) is 0. The maximum Gasteiger partial charge on any atom is 0.130 e. The second-order valence-electron chi connectivity index (χ2n) is 3.88. The molecule has 5 nitrogen and oxygen atoms in total. The van der Waals surface area contributed by atoms with E-state index >= 15 is 0 Å². The first-order valence-electron chi connectivity index (χ1n) is 5.51. The summed E-state index contributed by atoms with van der Waals surface area (Å²) in [6.07, 6.45) is 2.24. The summed E-state index contributed by atoms with van der Waals surface area (Å²) in [7, 11) is 3.21. The minimum atomic E-state index is -1.03. The molecular weight excluding hydrogens is 288 g/mol. The monoisotopic (exact) mass is 306 g/mol. The smallest absolute Gasteiger partial charge is 0.130 e. The highest BCUT2D eigenvalue weighted by Crippen LogP contribution is 2.31. The average molecular weight is 307 g/mol. The number of hydrogen-bond acceptors (Lipinski definition) is 4. The maximum absolute atomic E-state index is 10.6. The second kappa shape index (κ2) is 6.49. The molecule has 0 aliphatic heterocycles. The fourth-order valence-corrected chi connectivity index (χ4v) is 2.41. The Balaban J connectivity index is 3.04. The molecule has 1 heterocycles. The first-order valence-corrected chi connectivity index (χ1v) is 6.30. The molecule has 1 aromatic heterocycles. The molecule has 0 aliphatic rings. The van der Waals surface area contributed by atoms with Gasteiger partial charge in [0, 0.05) is 14.2 Å². The average Bonchev–Trinajstić information content (AvgIpc) is 2.68. The van der Waals surface area contributed by atoms with Crippen LogP contribution in [0.4, 0.5) is 0 Å². The van der Waals surface area contributed by atoms with Gasteiger partial charge >= 0.3 is 0 Å². The van der Waals surface area contributed by atoms with Crippen molar-refractivity contribution in [3.8, 4) is 0 Å². The van der Waals surface area contributed by atoms with E-state index in [1.165, 1.54) is 0 Å². The van der Waals surface area contributed by atoms with E-state index in [1.807, 2.05) is 6.92 Å². The van der Waals surface area contributed by atoms with Crippen LogP contribution in [0.15, 0.2) is 10.7 Å². The highest BCUT2D eigenvalue weighted by molar-refractivity contribution is 9.10. The van der Waals surface area contributed by atoms with Gasteiger partial charge in [0.2, 0.25) is 0 Å². The Morgan fingerprint density at radius 2 is 2.18 bits per heavy atom. The van der Waals surface area contributed by atoms with Crippen LogP contribution in [-0.4, -0.2) is 42.3 Å². The summed E-state index contributed by atoms with van der Waals surface area (Å²) < 4.78 is 12.7. The van der Waals surface area contributed by atoms with Crippen molar-refractivity contribution >= 4 is 15.9 Å². The predicted octanol–water partition coefficient (Wildman–Crippen LogP) is 1.54. The van der Waals surface area contributed by atoms with E-state index in [4.69, 9.17) is 9.47 Å². The standard InChI is InChI=1S/C11H19BrN2O3/c1-4-11(15,8-17-3)10-9(12)7-13-14(10)5-6-16-2/h7,15H,4-6,8H2,1-3H3. The van der Waals surface area contributed by atoms with E-state index in [2.05, 4.69) is 21.0 Å². The van der Waals surface area contributed by atoms with Crippen molar-refractivity contribution < 1.29 is 14.6 Å². The number of hydrogen-bond donors (Lipinski definition) is 1. The molecule has 1 rings (SSSR count). The molecule has 0 aliphatic carbocycles. The van der Waals surface area contributed by atoms with E-state index in [9.17, 15) is 5.11 Å². The molecule has 1 atom stereocenters. The molecule has 0 aromatic carbocycles. The Bertz CT molecular complexity index is 356. The van der Waals surface area contributed by atoms with Crippen LogP contribution >= 0.6 is 15.9 Å². The van der Waals surface area contributed by atoms with Crippen LogP contribution in [0, 0.1) is 0 Å². The summed E-state index contributed by atoms with van der Waals surface area (Å²) >= 11 is 3.42. The number of aliphatic hydroxyl groups is 1. The van der Waals surface area contributed by atoms with Gasteiger partial charge in [-0.1, -0.05) is 6.92 Å². The van der Waals surface area contributed by atoms with Gasteiger partial charge in [-0.25, -0.2) is 0 Å². The third kappa shape index (κ3) is 3.28. The number of nitrogens with zero attached hydrogens (tertiary/aromatic N) is 2. The minimum absolute atomic E-state index is 0.237. The summed E-state index contributed by atoms with van der Waals surface area (Å²) in [4.78, 5) is 0. The molecule has 1 aromatic rings. The largest absolute Gasteiger partial charge is 0.383 e. The van der Waals surface area contributed by atoms with Crippen molar-refractivity contribution in [3.63, 3.8) is 0 Å². The van der Waals surface area contributed by atoms with Crippen molar-refractivity contribution in [1.29, 1.82) is 0 Å². The third-order valence-electron chi connectivity index (χ3n) is 2.71. The van der Waals surface area contributed by atoms with Crippen molar-refractivity contribution in [2.24, 2.45) is 0 Å². The Labute approximate surface area is 110 Å². The van der Waals surface area contributed by atoms with Gasteiger partial charge in [0.05, 0.1) is 36.1 Å². The first kappa shape index (κ1) is 14.6. The number of halogens is 1. The zero-order chi connectivity index (χ0) is 12.9. The molecular formula is C11H19BrN2O3. The molecule has 0 saturated carbocycles. The summed E-state index contributed by atoms with van der Waals surface area (Å²) in [5, 5.41) is 14.8. The van der Waals surface area contributed by atoms with Gasteiger partial charge in [0.1, 0.15) is 5.60 Å². The van der Waals surface area contributed by atoms with Gasteiger partial charge in [0.15, 0.2) is 0 Å². The van der Waals surface area contributed by atoms with Crippen LogP contribution in [0.3, 0.4) is 0 Å². The van der Waals surface area contributed by atoms with Crippen molar-refractivity contribution in [2.45, 2.75) is 25.5 Å². The minimum Gasteiger partial charge on any atom is -0.383 e. The summed E-state index contributed by atoms with van der Waals surface area (Å²) in [6.45, 7) is 3.30. The third-order valence-corrected chi connectivity index (χ3v) is 3.29. The van der Waals surface area contributed by atoms with Gasteiger partial charge in [-0.2, -0.15) is 5.10 Å². The molecule has 1 unspecified atom stereocenters. The molecule has 17 heavy (non-hydrogen) atoms. The van der Waals surface area contributed by atoms with Crippen molar-refractivity contribution in [3.05, 3.63) is 16.4 Å². The lowest BCUT2D eigenvalue weighted by molar-refractivity contribution is -0.0459. The van der Waals surface area contributed by atoms with E-state index in [-0.39, 0.29) is 6.61 Å². The van der Waals surface area contributed by atoms with Gasteiger partial charge in [-0.15, -0.1) is 0 Å². The topological polar surface area (TPSA) is 56.5 Å². The molecule has 98 valence electrons. The van der Waals surface area contributed by atoms with Crippen LogP contribution in [0.1, 0.15) is 19.0 Å². The van der Waals surface area contributed by atoms with Gasteiger partial charge in [-0.3, -0.25) is 4.68 Å². The molecule has 0 bridgehead atoms. The molecule has 0 fully saturated rings. The zero-order valence-electron chi connectivity index (χ0n) is 10.4.